The van der Waals surface area contributed by atoms with E-state index in [0.717, 1.165) is 38.4 Å². The molecule has 26 heavy (non-hydrogen) atoms. The minimum atomic E-state index is -0.230. The Balaban J connectivity index is 1.40. The lowest BCUT2D eigenvalue weighted by molar-refractivity contribution is 0.0931. The van der Waals surface area contributed by atoms with E-state index in [1.165, 1.54) is 0 Å². The van der Waals surface area contributed by atoms with Gasteiger partial charge in [-0.25, -0.2) is 0 Å². The van der Waals surface area contributed by atoms with Crippen LogP contribution in [0.5, 0.6) is 5.75 Å². The molecule has 0 unspecified atom stereocenters. The highest BCUT2D eigenvalue weighted by Gasteiger charge is 2.15. The number of piperazine rings is 1. The van der Waals surface area contributed by atoms with Crippen molar-refractivity contribution >= 4 is 5.91 Å². The van der Waals surface area contributed by atoms with Gasteiger partial charge in [0, 0.05) is 51.0 Å². The van der Waals surface area contributed by atoms with Crippen molar-refractivity contribution in [3.8, 4) is 5.75 Å². The van der Waals surface area contributed by atoms with Gasteiger partial charge in [0.2, 0.25) is 0 Å². The third-order valence-corrected chi connectivity index (χ3v) is 4.37. The summed E-state index contributed by atoms with van der Waals surface area (Å²) in [5, 5.41) is 6.70. The molecular weight excluding hydrogens is 334 g/mol. The van der Waals surface area contributed by atoms with Crippen molar-refractivity contribution in [3.05, 3.63) is 41.5 Å². The van der Waals surface area contributed by atoms with E-state index in [1.54, 1.807) is 12.3 Å². The zero-order chi connectivity index (χ0) is 18.4. The molecule has 0 aromatic carbocycles. The summed E-state index contributed by atoms with van der Waals surface area (Å²) in [5.41, 5.74) is 1.19. The largest absolute Gasteiger partial charge is 0.484 e. The molecule has 140 valence electrons. The quantitative estimate of drug-likeness (QED) is 0.787. The topological polar surface area (TPSA) is 83.7 Å². The zero-order valence-corrected chi connectivity index (χ0v) is 15.3. The Morgan fingerprint density at radius 1 is 1.31 bits per heavy atom. The standard InChI is InChI=1S/C18H25N5O3/c1-14-3-4-15(12-20-14)25-13-16-11-17(21-26-16)18(24)19-5-6-23-9-7-22(2)8-10-23/h3-4,11-12H,5-10,13H2,1-2H3,(H,19,24). The molecule has 2 aromatic rings. The van der Waals surface area contributed by atoms with E-state index >= 15 is 0 Å². The molecule has 3 rings (SSSR count). The lowest BCUT2D eigenvalue weighted by Crippen LogP contribution is -2.46. The van der Waals surface area contributed by atoms with Crippen molar-refractivity contribution < 1.29 is 14.1 Å². The Morgan fingerprint density at radius 2 is 2.12 bits per heavy atom. The van der Waals surface area contributed by atoms with Gasteiger partial charge in [0.25, 0.3) is 5.91 Å². The van der Waals surface area contributed by atoms with Crippen LogP contribution in [0.1, 0.15) is 21.9 Å². The summed E-state index contributed by atoms with van der Waals surface area (Å²) in [4.78, 5) is 21.0. The maximum absolute atomic E-state index is 12.2. The van der Waals surface area contributed by atoms with Crippen molar-refractivity contribution in [1.29, 1.82) is 0 Å². The van der Waals surface area contributed by atoms with Gasteiger partial charge < -0.3 is 19.5 Å². The number of hydrogen-bond donors (Lipinski definition) is 1. The van der Waals surface area contributed by atoms with E-state index in [2.05, 4.69) is 32.3 Å². The van der Waals surface area contributed by atoms with Gasteiger partial charge in [-0.1, -0.05) is 5.16 Å². The van der Waals surface area contributed by atoms with Gasteiger partial charge in [-0.2, -0.15) is 0 Å². The van der Waals surface area contributed by atoms with Gasteiger partial charge in [-0.05, 0) is 26.1 Å². The first kappa shape index (κ1) is 18.3. The van der Waals surface area contributed by atoms with E-state index in [9.17, 15) is 4.79 Å². The van der Waals surface area contributed by atoms with E-state index in [4.69, 9.17) is 9.26 Å². The first-order chi connectivity index (χ1) is 12.6. The molecule has 0 saturated carbocycles. The van der Waals surface area contributed by atoms with E-state index in [1.807, 2.05) is 19.1 Å². The van der Waals surface area contributed by atoms with Crippen LogP contribution >= 0.6 is 0 Å². The summed E-state index contributed by atoms with van der Waals surface area (Å²) in [6.07, 6.45) is 1.65. The van der Waals surface area contributed by atoms with Crippen LogP contribution in [-0.4, -0.2) is 72.2 Å². The second kappa shape index (κ2) is 8.77. The number of carbonyl (C=O) groups excluding carboxylic acids is 1. The van der Waals surface area contributed by atoms with Gasteiger partial charge in [0.15, 0.2) is 11.5 Å². The predicted molar refractivity (Wildman–Crippen MR) is 96.1 cm³/mol. The third-order valence-electron chi connectivity index (χ3n) is 4.37. The Labute approximate surface area is 153 Å². The molecule has 8 heteroatoms. The van der Waals surface area contributed by atoms with Crippen LogP contribution in [-0.2, 0) is 6.61 Å². The van der Waals surface area contributed by atoms with Gasteiger partial charge in [-0.3, -0.25) is 14.7 Å². The third kappa shape index (κ3) is 5.27. The fourth-order valence-corrected chi connectivity index (χ4v) is 2.67. The van der Waals surface area contributed by atoms with Gasteiger partial charge in [0.05, 0.1) is 6.20 Å². The average molecular weight is 359 g/mol. The summed E-state index contributed by atoms with van der Waals surface area (Å²) >= 11 is 0. The highest BCUT2D eigenvalue weighted by Crippen LogP contribution is 2.12. The highest BCUT2D eigenvalue weighted by molar-refractivity contribution is 5.92. The number of aromatic nitrogens is 2. The van der Waals surface area contributed by atoms with E-state index in [-0.39, 0.29) is 18.2 Å². The monoisotopic (exact) mass is 359 g/mol. The van der Waals surface area contributed by atoms with E-state index < -0.39 is 0 Å². The Bertz CT molecular complexity index is 708. The first-order valence-corrected chi connectivity index (χ1v) is 8.80. The summed E-state index contributed by atoms with van der Waals surface area (Å²) in [6, 6.07) is 5.31. The fraction of sp³-hybridized carbons (Fsp3) is 0.500. The first-order valence-electron chi connectivity index (χ1n) is 8.80. The number of nitrogens with zero attached hydrogens (tertiary/aromatic N) is 4. The average Bonchev–Trinajstić information content (AvgIpc) is 3.12. The van der Waals surface area contributed by atoms with Crippen molar-refractivity contribution in [2.24, 2.45) is 0 Å². The second-order valence-corrected chi connectivity index (χ2v) is 6.50. The minimum absolute atomic E-state index is 0.201. The number of amides is 1. The Kier molecular flexibility index (Phi) is 6.19. The normalized spacial score (nSPS) is 15.8. The van der Waals surface area contributed by atoms with Gasteiger partial charge in [0.1, 0.15) is 12.4 Å². The molecular formula is C18H25N5O3. The number of ether oxygens (including phenoxy) is 1. The molecule has 0 spiro atoms. The van der Waals surface area contributed by atoms with Crippen LogP contribution < -0.4 is 10.1 Å². The molecule has 1 N–H and O–H groups in total. The number of likely N-dealkylation sites (N-methyl/N-ethyl adjacent to an activating group) is 1. The number of aryl methyl sites for hydroxylation is 1. The van der Waals surface area contributed by atoms with Crippen molar-refractivity contribution in [2.75, 3.05) is 46.3 Å². The van der Waals surface area contributed by atoms with E-state index in [0.29, 0.717) is 18.1 Å². The molecule has 0 aliphatic carbocycles. The van der Waals surface area contributed by atoms with Crippen LogP contribution in [0.25, 0.3) is 0 Å². The van der Waals surface area contributed by atoms with Gasteiger partial charge >= 0.3 is 0 Å². The van der Waals surface area contributed by atoms with Crippen LogP contribution in [0, 0.1) is 6.92 Å². The molecule has 1 aliphatic heterocycles. The molecule has 8 nitrogen and oxygen atoms in total. The molecule has 2 aromatic heterocycles. The maximum Gasteiger partial charge on any atom is 0.273 e. The molecule has 0 bridgehead atoms. The van der Waals surface area contributed by atoms with Crippen molar-refractivity contribution in [3.63, 3.8) is 0 Å². The Morgan fingerprint density at radius 3 is 2.85 bits per heavy atom. The lowest BCUT2D eigenvalue weighted by atomic mass is 10.3. The number of nitrogens with one attached hydrogen (secondary N) is 1. The molecule has 3 heterocycles. The molecule has 0 atom stereocenters. The zero-order valence-electron chi connectivity index (χ0n) is 15.3. The minimum Gasteiger partial charge on any atom is -0.484 e. The second-order valence-electron chi connectivity index (χ2n) is 6.50. The molecule has 1 aliphatic rings. The summed E-state index contributed by atoms with van der Waals surface area (Å²) in [7, 11) is 2.13. The van der Waals surface area contributed by atoms with Crippen LogP contribution in [0.3, 0.4) is 0 Å². The molecule has 1 amide bonds. The number of carbonyl (C=O) groups is 1. The van der Waals surface area contributed by atoms with Crippen LogP contribution in [0.2, 0.25) is 0 Å². The lowest BCUT2D eigenvalue weighted by Gasteiger charge is -2.32. The maximum atomic E-state index is 12.2. The summed E-state index contributed by atoms with van der Waals surface area (Å²) in [5.74, 6) is 0.908. The fourth-order valence-electron chi connectivity index (χ4n) is 2.67. The predicted octanol–water partition coefficient (Wildman–Crippen LogP) is 0.934. The molecule has 0 radical (unpaired) electrons. The molecule has 1 saturated heterocycles. The summed E-state index contributed by atoms with van der Waals surface area (Å²) < 4.78 is 10.7. The summed E-state index contributed by atoms with van der Waals surface area (Å²) in [6.45, 7) is 7.75. The van der Waals surface area contributed by atoms with Gasteiger partial charge in [-0.15, -0.1) is 0 Å². The Hall–Kier alpha value is -2.45. The number of hydrogen-bond acceptors (Lipinski definition) is 7. The van der Waals surface area contributed by atoms with Crippen molar-refractivity contribution in [1.82, 2.24) is 25.3 Å². The molecule has 1 fully saturated rings. The van der Waals surface area contributed by atoms with Crippen LogP contribution in [0.4, 0.5) is 0 Å². The number of pyridine rings is 1. The smallest absolute Gasteiger partial charge is 0.273 e. The van der Waals surface area contributed by atoms with Crippen LogP contribution in [0.15, 0.2) is 28.9 Å². The number of rotatable bonds is 7. The highest BCUT2D eigenvalue weighted by atomic mass is 16.5. The SMILES string of the molecule is Cc1ccc(OCc2cc(C(=O)NCCN3CCN(C)CC3)no2)cn1. The van der Waals surface area contributed by atoms with Crippen molar-refractivity contribution in [2.45, 2.75) is 13.5 Å².